The Labute approximate surface area is 182 Å². The van der Waals surface area contributed by atoms with Crippen LogP contribution in [-0.2, 0) is 12.0 Å². The fourth-order valence-electron chi connectivity index (χ4n) is 2.81. The number of hydrogen-bond donors (Lipinski definition) is 1. The fourth-order valence-corrected chi connectivity index (χ4v) is 3.71. The molecule has 0 aromatic carbocycles. The van der Waals surface area contributed by atoms with Crippen LogP contribution in [0.5, 0.6) is 0 Å². The van der Waals surface area contributed by atoms with E-state index in [4.69, 9.17) is 4.98 Å². The Hall–Kier alpha value is -1.49. The van der Waals surface area contributed by atoms with Crippen molar-refractivity contribution in [1.29, 1.82) is 0 Å². The lowest BCUT2D eigenvalue weighted by molar-refractivity contribution is 0.370. The second-order valence-electron chi connectivity index (χ2n) is 7.32. The van der Waals surface area contributed by atoms with E-state index in [1.54, 1.807) is 23.7 Å². The van der Waals surface area contributed by atoms with E-state index in [9.17, 15) is 0 Å². The Bertz CT molecular complexity index is 734. The summed E-state index contributed by atoms with van der Waals surface area (Å²) in [5.41, 5.74) is 1.16. The van der Waals surface area contributed by atoms with E-state index in [0.29, 0.717) is 6.54 Å². The van der Waals surface area contributed by atoms with Crippen LogP contribution in [0.1, 0.15) is 31.5 Å². The number of nitrogens with one attached hydrogen (secondary N) is 1. The summed E-state index contributed by atoms with van der Waals surface area (Å²) in [7, 11) is 1.83. The topological polar surface area (TPSA) is 69.5 Å². The van der Waals surface area contributed by atoms with E-state index < -0.39 is 0 Å². The molecule has 1 N–H and O–H groups in total. The van der Waals surface area contributed by atoms with Gasteiger partial charge in [0.2, 0.25) is 5.95 Å². The molecule has 1 fully saturated rings. The van der Waals surface area contributed by atoms with Crippen molar-refractivity contribution in [1.82, 2.24) is 25.2 Å². The van der Waals surface area contributed by atoms with E-state index in [0.717, 1.165) is 43.8 Å². The molecule has 3 rings (SSSR count). The summed E-state index contributed by atoms with van der Waals surface area (Å²) >= 11 is 1.72. The normalized spacial score (nSPS) is 15.5. The molecule has 0 aliphatic carbocycles. The molecule has 2 aromatic heterocycles. The van der Waals surface area contributed by atoms with Gasteiger partial charge in [0.1, 0.15) is 0 Å². The summed E-state index contributed by atoms with van der Waals surface area (Å²) in [6, 6.07) is 1.84. The van der Waals surface area contributed by atoms with Gasteiger partial charge < -0.3 is 15.1 Å². The third-order valence-electron chi connectivity index (χ3n) is 4.25. The minimum atomic E-state index is 0. The first-order chi connectivity index (χ1) is 12.5. The molecule has 1 aliphatic rings. The number of nitrogens with zero attached hydrogens (tertiary/aromatic N) is 6. The summed E-state index contributed by atoms with van der Waals surface area (Å²) < 4.78 is 0. The monoisotopic (exact) mass is 501 g/mol. The Kier molecular flexibility index (Phi) is 7.78. The predicted molar refractivity (Wildman–Crippen MR) is 122 cm³/mol. The molecule has 0 unspecified atom stereocenters. The Morgan fingerprint density at radius 2 is 1.85 bits per heavy atom. The SMILES string of the molecule is CN=C(NCc1csc(C(C)(C)C)n1)N1CCN(c2ncccn2)CC1.I. The lowest BCUT2D eigenvalue weighted by Crippen LogP contribution is -2.52. The van der Waals surface area contributed by atoms with E-state index in [1.807, 2.05) is 13.1 Å². The predicted octanol–water partition coefficient (Wildman–Crippen LogP) is 2.75. The minimum absolute atomic E-state index is 0. The van der Waals surface area contributed by atoms with Crippen molar-refractivity contribution in [3.8, 4) is 0 Å². The van der Waals surface area contributed by atoms with Crippen LogP contribution < -0.4 is 10.2 Å². The second kappa shape index (κ2) is 9.63. The number of halogens is 1. The Morgan fingerprint density at radius 3 is 2.41 bits per heavy atom. The maximum atomic E-state index is 4.74. The Morgan fingerprint density at radius 1 is 1.19 bits per heavy atom. The smallest absolute Gasteiger partial charge is 0.225 e. The van der Waals surface area contributed by atoms with Gasteiger partial charge in [-0.2, -0.15) is 0 Å². The first-order valence-corrected chi connectivity index (χ1v) is 9.78. The molecule has 0 radical (unpaired) electrons. The number of guanidine groups is 1. The van der Waals surface area contributed by atoms with E-state index >= 15 is 0 Å². The number of aliphatic imine (C=N–C) groups is 1. The van der Waals surface area contributed by atoms with Crippen LogP contribution in [0.3, 0.4) is 0 Å². The van der Waals surface area contributed by atoms with Crippen molar-refractivity contribution in [2.24, 2.45) is 4.99 Å². The highest BCUT2D eigenvalue weighted by molar-refractivity contribution is 14.0. The maximum Gasteiger partial charge on any atom is 0.225 e. The van der Waals surface area contributed by atoms with Gasteiger partial charge in [0.25, 0.3) is 0 Å². The van der Waals surface area contributed by atoms with Gasteiger partial charge in [-0.3, -0.25) is 4.99 Å². The number of thiazole rings is 1. The summed E-state index contributed by atoms with van der Waals surface area (Å²) in [6.07, 6.45) is 3.57. The number of aromatic nitrogens is 3. The summed E-state index contributed by atoms with van der Waals surface area (Å²) in [4.78, 5) is 22.3. The third-order valence-corrected chi connectivity index (χ3v) is 5.56. The van der Waals surface area contributed by atoms with Gasteiger partial charge in [-0.1, -0.05) is 20.8 Å². The molecule has 7 nitrogen and oxygen atoms in total. The lowest BCUT2D eigenvalue weighted by atomic mass is 9.98. The highest BCUT2D eigenvalue weighted by atomic mass is 127. The van der Waals surface area contributed by atoms with Crippen molar-refractivity contribution in [2.45, 2.75) is 32.7 Å². The molecule has 2 aromatic rings. The van der Waals surface area contributed by atoms with E-state index in [2.05, 4.69) is 56.2 Å². The van der Waals surface area contributed by atoms with E-state index in [1.165, 1.54) is 5.01 Å². The molecule has 0 bridgehead atoms. The van der Waals surface area contributed by atoms with Crippen molar-refractivity contribution >= 4 is 47.2 Å². The number of rotatable bonds is 3. The molecule has 27 heavy (non-hydrogen) atoms. The van der Waals surface area contributed by atoms with Gasteiger partial charge in [-0.15, -0.1) is 35.3 Å². The Balaban J connectivity index is 0.00000261. The molecular weight excluding hydrogens is 473 g/mol. The van der Waals surface area contributed by atoms with Crippen LogP contribution in [0, 0.1) is 0 Å². The molecule has 0 atom stereocenters. The molecule has 1 saturated heterocycles. The van der Waals surface area contributed by atoms with Crippen molar-refractivity contribution in [3.05, 3.63) is 34.5 Å². The highest BCUT2D eigenvalue weighted by Crippen LogP contribution is 2.25. The van der Waals surface area contributed by atoms with Crippen LogP contribution >= 0.6 is 35.3 Å². The van der Waals surface area contributed by atoms with Crippen molar-refractivity contribution in [2.75, 3.05) is 38.1 Å². The van der Waals surface area contributed by atoms with Gasteiger partial charge in [0.15, 0.2) is 5.96 Å². The van der Waals surface area contributed by atoms with Gasteiger partial charge in [0.05, 0.1) is 17.2 Å². The van der Waals surface area contributed by atoms with E-state index in [-0.39, 0.29) is 29.4 Å². The van der Waals surface area contributed by atoms with Crippen LogP contribution in [-0.4, -0.2) is 59.0 Å². The summed E-state index contributed by atoms with van der Waals surface area (Å²) in [6.45, 7) is 10.8. The number of hydrogen-bond acceptors (Lipinski definition) is 6. The van der Waals surface area contributed by atoms with Crippen LogP contribution in [0.25, 0.3) is 0 Å². The lowest BCUT2D eigenvalue weighted by Gasteiger charge is -2.36. The van der Waals surface area contributed by atoms with Gasteiger partial charge in [-0.25, -0.2) is 15.0 Å². The van der Waals surface area contributed by atoms with Crippen LogP contribution in [0.2, 0.25) is 0 Å². The molecule has 0 amide bonds. The van der Waals surface area contributed by atoms with Gasteiger partial charge in [-0.05, 0) is 6.07 Å². The second-order valence-corrected chi connectivity index (χ2v) is 8.18. The first-order valence-electron chi connectivity index (χ1n) is 8.90. The van der Waals surface area contributed by atoms with Crippen molar-refractivity contribution < 1.29 is 0 Å². The summed E-state index contributed by atoms with van der Waals surface area (Å²) in [5, 5.41) is 6.74. The molecule has 148 valence electrons. The molecule has 0 saturated carbocycles. The average molecular weight is 501 g/mol. The quantitative estimate of drug-likeness (QED) is 0.397. The first kappa shape index (κ1) is 21.8. The summed E-state index contributed by atoms with van der Waals surface area (Å²) in [5.74, 6) is 1.72. The average Bonchev–Trinajstić information content (AvgIpc) is 3.13. The molecular formula is C18H28IN7S. The maximum absolute atomic E-state index is 4.74. The largest absolute Gasteiger partial charge is 0.351 e. The molecule has 0 spiro atoms. The number of piperazine rings is 1. The number of anilines is 1. The van der Waals surface area contributed by atoms with Crippen LogP contribution in [0.15, 0.2) is 28.8 Å². The molecule has 1 aliphatic heterocycles. The van der Waals surface area contributed by atoms with Crippen LogP contribution in [0.4, 0.5) is 5.95 Å². The highest BCUT2D eigenvalue weighted by Gasteiger charge is 2.22. The standard InChI is InChI=1S/C18H27N7S.HI/c1-18(2,3)15-23-14(13-26-15)12-22-16(19-4)24-8-10-25(11-9-24)17-20-6-5-7-21-17;/h5-7,13H,8-12H2,1-4H3,(H,19,22);1H. The zero-order chi connectivity index (χ0) is 18.6. The fraction of sp³-hybridized carbons (Fsp3) is 0.556. The van der Waals surface area contributed by atoms with Crippen molar-refractivity contribution in [3.63, 3.8) is 0 Å². The molecule has 3 heterocycles. The zero-order valence-electron chi connectivity index (χ0n) is 16.3. The zero-order valence-corrected chi connectivity index (χ0v) is 19.5. The minimum Gasteiger partial charge on any atom is -0.351 e. The third kappa shape index (κ3) is 5.74. The van der Waals surface area contributed by atoms with Gasteiger partial charge in [0, 0.05) is 56.4 Å². The van der Waals surface area contributed by atoms with Gasteiger partial charge >= 0.3 is 0 Å². The molecule has 9 heteroatoms.